The van der Waals surface area contributed by atoms with E-state index < -0.39 is 36.0 Å². The molecule has 1 aromatic carbocycles. The third kappa shape index (κ3) is 28.4. The number of nitrogens with two attached hydrogens (primary N) is 4. The lowest BCUT2D eigenvalue weighted by atomic mass is 9.85. The fraction of sp³-hybridized carbons (Fsp3) is 0.763. The van der Waals surface area contributed by atoms with Crippen molar-refractivity contribution in [3.63, 3.8) is 0 Å². The number of fused-ring (bicyclic) bond motifs is 5. The van der Waals surface area contributed by atoms with Crippen molar-refractivity contribution in [1.29, 1.82) is 0 Å². The van der Waals surface area contributed by atoms with Crippen molar-refractivity contribution in [3.05, 3.63) is 63.4 Å². The topological polar surface area (TPSA) is 362 Å². The summed E-state index contributed by atoms with van der Waals surface area (Å²) in [6.07, 6.45) is 20.6. The zero-order valence-corrected chi connectivity index (χ0v) is 63.2. The summed E-state index contributed by atoms with van der Waals surface area (Å²) in [5.74, 6) is 3.03. The standard InChI is InChI=1S/C50H111N17.C26H23N3O8/c51-17-20-55-26-38-66(50-15-2-3-16-50)39-27-58-25-35-63(45-46-67(54)40-28-57-22-21-56-23-24-59-47-9-6-10-47)32-5-1-4-31-62(33-18-52)41-43-65(37-30-61-49-13-8-14-49)44-42-64(34-19-53)36-29-60-48-11-7-12-48;1-2-26(37-22(33)11-27-20(30)7-8-21(31)32)17-10-19-23-15(9-14-5-3-4-6-18(14)28-23)12-29(19)24(34)16(17)13-36-25(26)35/h47-50,55-61H,1-46,51-54H2;3-6,9-10H,2,7-8,11-13H2,1H3,(H,27,30)(H,31,32)/t;26-/m.0/s1. The van der Waals surface area contributed by atoms with Crippen molar-refractivity contribution < 1.29 is 33.8 Å². The number of nitrogens with zero attached hydrogens (tertiary/aromatic N) is 8. The maximum Gasteiger partial charge on any atom is 0.355 e. The Balaban J connectivity index is 0.000000309. The Hall–Kier alpha value is -5.22. The van der Waals surface area contributed by atoms with Gasteiger partial charge in [-0.25, -0.2) is 14.8 Å². The van der Waals surface area contributed by atoms with E-state index in [1.54, 1.807) is 17.6 Å². The maximum atomic E-state index is 13.5. The molecule has 2 aromatic heterocycles. The first-order valence-corrected chi connectivity index (χ1v) is 40.1. The number of carboxylic acids is 1. The number of rotatable bonds is 56. The van der Waals surface area contributed by atoms with Crippen LogP contribution < -0.4 is 71.1 Å². The van der Waals surface area contributed by atoms with E-state index in [4.69, 9.17) is 42.6 Å². The zero-order valence-electron chi connectivity index (χ0n) is 63.2. The minimum absolute atomic E-state index is 0.0154. The molecule has 0 saturated heterocycles. The molecular formula is C76H134N20O8. The van der Waals surface area contributed by atoms with Crippen molar-refractivity contribution in [2.45, 2.75) is 172 Å². The van der Waals surface area contributed by atoms with E-state index in [1.165, 1.54) is 103 Å². The van der Waals surface area contributed by atoms with E-state index in [1.807, 2.05) is 35.3 Å². The molecule has 9 rings (SSSR count). The number of benzene rings is 1. The van der Waals surface area contributed by atoms with Crippen LogP contribution in [0.5, 0.6) is 0 Å². The summed E-state index contributed by atoms with van der Waals surface area (Å²) in [6, 6.07) is 14.2. The van der Waals surface area contributed by atoms with Gasteiger partial charge in [-0.3, -0.25) is 39.7 Å². The molecule has 0 spiro atoms. The first-order chi connectivity index (χ1) is 50.8. The van der Waals surface area contributed by atoms with Gasteiger partial charge in [0.1, 0.15) is 13.2 Å². The number of aliphatic carboxylic acids is 1. The molecule has 3 aromatic rings. The molecule has 4 aliphatic carbocycles. The van der Waals surface area contributed by atoms with E-state index >= 15 is 0 Å². The van der Waals surface area contributed by atoms with Gasteiger partial charge >= 0.3 is 17.9 Å². The number of pyridine rings is 2. The van der Waals surface area contributed by atoms with Crippen LogP contribution in [0.15, 0.2) is 41.2 Å². The Kier molecular flexibility index (Phi) is 38.6. The highest BCUT2D eigenvalue weighted by Crippen LogP contribution is 2.41. The van der Waals surface area contributed by atoms with Crippen LogP contribution in [-0.4, -0.2) is 295 Å². The molecule has 2 aliphatic heterocycles. The van der Waals surface area contributed by atoms with E-state index in [9.17, 15) is 24.0 Å². The van der Waals surface area contributed by atoms with Crippen LogP contribution in [0.1, 0.15) is 146 Å². The number of esters is 2. The number of para-hydroxylation sites is 1. The molecular weight excluding hydrogens is 1320 g/mol. The van der Waals surface area contributed by atoms with Crippen molar-refractivity contribution in [3.8, 4) is 11.4 Å². The van der Waals surface area contributed by atoms with Crippen LogP contribution >= 0.6 is 0 Å². The van der Waals surface area contributed by atoms with Crippen LogP contribution in [-0.2, 0) is 47.4 Å². The summed E-state index contributed by atoms with van der Waals surface area (Å²) in [5.41, 5.74) is 19.0. The molecule has 17 N–H and O–H groups in total. The molecule has 28 heteroatoms. The van der Waals surface area contributed by atoms with Crippen molar-refractivity contribution in [2.24, 2.45) is 23.0 Å². The number of unbranched alkanes of at least 4 members (excludes halogenated alkanes) is 2. The molecule has 4 saturated carbocycles. The number of amides is 1. The average molecular weight is 1460 g/mol. The van der Waals surface area contributed by atoms with Gasteiger partial charge in [0.2, 0.25) is 11.5 Å². The van der Waals surface area contributed by atoms with Gasteiger partial charge in [-0.2, -0.15) is 0 Å². The third-order valence-corrected chi connectivity index (χ3v) is 21.9. The first-order valence-electron chi connectivity index (χ1n) is 40.1. The summed E-state index contributed by atoms with van der Waals surface area (Å²) in [7, 11) is 0. The predicted molar refractivity (Wildman–Crippen MR) is 413 cm³/mol. The van der Waals surface area contributed by atoms with Gasteiger partial charge in [-0.05, 0) is 102 Å². The number of cyclic esters (lactones) is 1. The predicted octanol–water partition coefficient (Wildman–Crippen LogP) is 1.06. The highest BCUT2D eigenvalue weighted by molar-refractivity contribution is 5.90. The molecule has 0 bridgehead atoms. The second-order valence-corrected chi connectivity index (χ2v) is 29.5. The lowest BCUT2D eigenvalue weighted by Gasteiger charge is -2.35. The minimum atomic E-state index is -1.88. The summed E-state index contributed by atoms with van der Waals surface area (Å²) >= 11 is 0. The van der Waals surface area contributed by atoms with Gasteiger partial charge < -0.3 is 88.7 Å². The van der Waals surface area contributed by atoms with Crippen LogP contribution in [0.25, 0.3) is 22.3 Å². The fourth-order valence-electron chi connectivity index (χ4n) is 14.8. The number of hydrogen-bond donors (Lipinski definition) is 13. The lowest BCUT2D eigenvalue weighted by Crippen LogP contribution is -2.48. The maximum absolute atomic E-state index is 13.5. The van der Waals surface area contributed by atoms with Crippen LogP contribution in [0.3, 0.4) is 0 Å². The van der Waals surface area contributed by atoms with E-state index in [0.717, 1.165) is 224 Å². The number of hydrazine groups is 1. The molecule has 104 heavy (non-hydrogen) atoms. The van der Waals surface area contributed by atoms with Crippen LogP contribution in [0.4, 0.5) is 0 Å². The average Bonchev–Trinajstić information content (AvgIpc) is 1.44. The number of ether oxygens (including phenoxy) is 2. The van der Waals surface area contributed by atoms with E-state index in [2.05, 4.69) is 67.0 Å². The van der Waals surface area contributed by atoms with E-state index in [0.29, 0.717) is 31.0 Å². The largest absolute Gasteiger partial charge is 0.481 e. The minimum Gasteiger partial charge on any atom is -0.481 e. The Labute approximate surface area is 620 Å². The smallest absolute Gasteiger partial charge is 0.355 e. The molecule has 4 fully saturated rings. The molecule has 1 amide bonds. The van der Waals surface area contributed by atoms with Gasteiger partial charge in [0.25, 0.3) is 5.56 Å². The molecule has 0 unspecified atom stereocenters. The fourth-order valence-corrected chi connectivity index (χ4v) is 14.8. The Morgan fingerprint density at radius 2 is 1.13 bits per heavy atom. The number of carboxylic acid groups (broad SMARTS) is 1. The third-order valence-electron chi connectivity index (χ3n) is 21.9. The summed E-state index contributed by atoms with van der Waals surface area (Å²) in [6.45, 7) is 31.1. The molecule has 586 valence electrons. The summed E-state index contributed by atoms with van der Waals surface area (Å²) < 4.78 is 12.5. The number of hydrogen-bond acceptors (Lipinski definition) is 25. The Bertz CT molecular complexity index is 3040. The number of nitrogens with one attached hydrogen (secondary N) is 8. The number of aromatic nitrogens is 2. The van der Waals surface area contributed by atoms with E-state index in [-0.39, 0.29) is 42.6 Å². The summed E-state index contributed by atoms with van der Waals surface area (Å²) in [4.78, 5) is 79.7. The Morgan fingerprint density at radius 1 is 0.596 bits per heavy atom. The SMILES string of the molecule is CC[C@@]1(OC(=O)CNC(=O)CCC(=O)O)C(=O)OCc2c1cc1n(c2=O)Cc2cc3ccccc3nc2-1.NCCNCCN(CCNCCN(CCCCCN(CCN)CCN(CCNC1CCC1)CCN(CCN)CCNC1CCC1)CCN(N)CCNCCNCCNC1CCC1)C1CCCC1. The van der Waals surface area contributed by atoms with Gasteiger partial charge in [-0.15, -0.1) is 0 Å². The van der Waals surface area contributed by atoms with Gasteiger partial charge in [0.05, 0.1) is 35.4 Å². The Morgan fingerprint density at radius 3 is 1.74 bits per heavy atom. The monoisotopic (exact) mass is 1460 g/mol. The lowest BCUT2D eigenvalue weighted by molar-refractivity contribution is -0.189. The highest BCUT2D eigenvalue weighted by atomic mass is 16.6. The number of carbonyl (C=O) groups is 4. The first kappa shape index (κ1) is 84.4. The van der Waals surface area contributed by atoms with Crippen molar-refractivity contribution in [2.75, 3.05) is 203 Å². The molecule has 6 aliphatic rings. The number of carbonyl (C=O) groups excluding carboxylic acids is 3. The van der Waals surface area contributed by atoms with Gasteiger partial charge in [-0.1, -0.05) is 63.6 Å². The highest BCUT2D eigenvalue weighted by Gasteiger charge is 2.50. The normalized spacial score (nSPS) is 17.5. The van der Waals surface area contributed by atoms with Crippen molar-refractivity contribution in [1.82, 2.24) is 81.6 Å². The van der Waals surface area contributed by atoms with Crippen LogP contribution in [0.2, 0.25) is 0 Å². The second kappa shape index (κ2) is 47.6. The van der Waals surface area contributed by atoms with Gasteiger partial charge in [0.15, 0.2) is 0 Å². The molecule has 4 heterocycles. The van der Waals surface area contributed by atoms with Crippen molar-refractivity contribution >= 4 is 34.7 Å². The molecule has 0 radical (unpaired) electrons. The molecule has 28 nitrogen and oxygen atoms in total. The summed E-state index contributed by atoms with van der Waals surface area (Å²) in [5, 5.41) is 39.6. The quantitative estimate of drug-likeness (QED) is 0.0127. The second-order valence-electron chi connectivity index (χ2n) is 29.5. The molecule has 1 atom stereocenters. The van der Waals surface area contributed by atoms with Gasteiger partial charge in [0, 0.05) is 230 Å². The zero-order chi connectivity index (χ0) is 73.6. The van der Waals surface area contributed by atoms with Crippen LogP contribution in [0, 0.1) is 0 Å².